The zero-order valence-corrected chi connectivity index (χ0v) is 20.4. The smallest absolute Gasteiger partial charge is 0.194 e. The van der Waals surface area contributed by atoms with Crippen LogP contribution < -0.4 is 0 Å². The van der Waals surface area contributed by atoms with Gasteiger partial charge in [-0.1, -0.05) is 40.2 Å². The van der Waals surface area contributed by atoms with Crippen molar-refractivity contribution in [3.63, 3.8) is 0 Å². The van der Waals surface area contributed by atoms with Crippen LogP contribution in [0, 0.1) is 17.5 Å². The Morgan fingerprint density at radius 3 is 2.49 bits per heavy atom. The van der Waals surface area contributed by atoms with E-state index in [0.29, 0.717) is 14.9 Å². The Kier molecular flexibility index (Phi) is 8.26. The van der Waals surface area contributed by atoms with Gasteiger partial charge in [-0.05, 0) is 37.3 Å². The number of hydrogen-bond donors (Lipinski definition) is 2. The number of benzene rings is 2. The molecule has 0 spiro atoms. The van der Waals surface area contributed by atoms with E-state index >= 15 is 0 Å². The molecule has 4 rings (SSSR count). The van der Waals surface area contributed by atoms with Gasteiger partial charge in [0.15, 0.2) is 17.5 Å². The fourth-order valence-electron chi connectivity index (χ4n) is 3.77. The van der Waals surface area contributed by atoms with Crippen molar-refractivity contribution in [2.24, 2.45) is 0 Å². The van der Waals surface area contributed by atoms with Gasteiger partial charge in [0.05, 0.1) is 22.8 Å². The third-order valence-electron chi connectivity index (χ3n) is 5.42. The Balaban J connectivity index is 1.69. The van der Waals surface area contributed by atoms with Crippen LogP contribution in [0.4, 0.5) is 13.2 Å². The average Bonchev–Trinajstić information content (AvgIpc) is 3.31. The van der Waals surface area contributed by atoms with Crippen LogP contribution in [0.25, 0.3) is 11.3 Å². The average molecular weight is 550 g/mol. The molecule has 13 heteroatoms. The second-order valence-corrected chi connectivity index (χ2v) is 9.64. The zero-order valence-electron chi connectivity index (χ0n) is 18.1. The molecule has 1 fully saturated rings. The van der Waals surface area contributed by atoms with E-state index in [1.807, 2.05) is 0 Å². The Bertz CT molecular complexity index is 1180. The molecule has 2 N–H and O–H groups in total. The van der Waals surface area contributed by atoms with Gasteiger partial charge >= 0.3 is 0 Å². The number of halogens is 5. The zero-order chi connectivity index (χ0) is 25.3. The number of aromatic nitrogens is 3. The van der Waals surface area contributed by atoms with Crippen molar-refractivity contribution in [1.82, 2.24) is 15.0 Å². The van der Waals surface area contributed by atoms with E-state index in [-0.39, 0.29) is 17.9 Å². The lowest BCUT2D eigenvalue weighted by Crippen LogP contribution is -2.55. The van der Waals surface area contributed by atoms with Crippen molar-refractivity contribution in [2.75, 3.05) is 13.2 Å². The SMILES string of the molecule is CCO[C@@H]1[C@@H](n2cc(-c3cc(F)c(F)c(F)c3)nn2)[C@@H](O)[C@@H](CO)O[C@@H]1Sc1ccc(Cl)c(Cl)c1. The van der Waals surface area contributed by atoms with Crippen LogP contribution in [0.5, 0.6) is 0 Å². The van der Waals surface area contributed by atoms with Gasteiger partial charge in [0.2, 0.25) is 0 Å². The van der Waals surface area contributed by atoms with E-state index in [9.17, 15) is 23.4 Å². The van der Waals surface area contributed by atoms with Crippen LogP contribution in [0.3, 0.4) is 0 Å². The largest absolute Gasteiger partial charge is 0.394 e. The predicted molar refractivity (Wildman–Crippen MR) is 124 cm³/mol. The standard InChI is InChI=1S/C22H20Cl2F3N3O4S/c1-2-33-21-19(30-8-16(28-29-30)10-5-14(25)18(27)15(26)6-10)20(32)17(9-31)34-22(21)35-11-3-4-12(23)13(24)7-11/h3-8,17,19-22,31-32H,2,9H2,1H3/t17-,19+,20+,21-,22-/m1/s1. The van der Waals surface area contributed by atoms with Gasteiger partial charge in [-0.15, -0.1) is 5.10 Å². The Hall–Kier alpha value is -1.86. The third kappa shape index (κ3) is 5.46. The van der Waals surface area contributed by atoms with Crippen molar-refractivity contribution in [3.8, 4) is 11.3 Å². The molecule has 3 aromatic rings. The number of hydrogen-bond acceptors (Lipinski definition) is 7. The number of aliphatic hydroxyl groups is 2. The second kappa shape index (κ2) is 11.0. The van der Waals surface area contributed by atoms with Crippen LogP contribution in [-0.4, -0.2) is 62.2 Å². The molecule has 0 aliphatic carbocycles. The summed E-state index contributed by atoms with van der Waals surface area (Å²) in [6.07, 6.45) is -1.69. The first kappa shape index (κ1) is 26.2. The molecule has 7 nitrogen and oxygen atoms in total. The first-order valence-electron chi connectivity index (χ1n) is 10.5. The Labute approximate surface area is 212 Å². The lowest BCUT2D eigenvalue weighted by Gasteiger charge is -2.43. The summed E-state index contributed by atoms with van der Waals surface area (Å²) in [5, 5.41) is 29.5. The number of nitrogens with zero attached hydrogens (tertiary/aromatic N) is 3. The summed E-state index contributed by atoms with van der Waals surface area (Å²) in [5.41, 5.74) is -0.709. The Morgan fingerprint density at radius 2 is 1.86 bits per heavy atom. The summed E-state index contributed by atoms with van der Waals surface area (Å²) >= 11 is 13.4. The highest BCUT2D eigenvalue weighted by atomic mass is 35.5. The van der Waals surface area contributed by atoms with Crippen molar-refractivity contribution in [2.45, 2.75) is 41.6 Å². The molecule has 1 aliphatic heterocycles. The molecule has 1 aliphatic rings. The highest BCUT2D eigenvalue weighted by Gasteiger charge is 2.47. The van der Waals surface area contributed by atoms with E-state index in [4.69, 9.17) is 32.7 Å². The first-order chi connectivity index (χ1) is 16.7. The summed E-state index contributed by atoms with van der Waals surface area (Å²) in [6.45, 7) is 1.53. The summed E-state index contributed by atoms with van der Waals surface area (Å²) in [6, 6.07) is 5.73. The topological polar surface area (TPSA) is 89.6 Å². The third-order valence-corrected chi connectivity index (χ3v) is 7.30. The van der Waals surface area contributed by atoms with Crippen LogP contribution in [-0.2, 0) is 9.47 Å². The van der Waals surface area contributed by atoms with Crippen LogP contribution in [0.1, 0.15) is 13.0 Å². The van der Waals surface area contributed by atoms with Crippen molar-refractivity contribution in [3.05, 3.63) is 64.0 Å². The fraction of sp³-hybridized carbons (Fsp3) is 0.364. The van der Waals surface area contributed by atoms with E-state index in [1.165, 1.54) is 22.6 Å². The fourth-order valence-corrected chi connectivity index (χ4v) is 5.31. The second-order valence-electron chi connectivity index (χ2n) is 7.66. The van der Waals surface area contributed by atoms with Gasteiger partial charge in [0.25, 0.3) is 0 Å². The molecular formula is C22H20Cl2F3N3O4S. The minimum Gasteiger partial charge on any atom is -0.394 e. The maximum Gasteiger partial charge on any atom is 0.194 e. The molecule has 1 aromatic heterocycles. The van der Waals surface area contributed by atoms with Gasteiger partial charge < -0.3 is 19.7 Å². The number of ether oxygens (including phenoxy) is 2. The summed E-state index contributed by atoms with van der Waals surface area (Å²) in [7, 11) is 0. The quantitative estimate of drug-likeness (QED) is 0.420. The summed E-state index contributed by atoms with van der Waals surface area (Å²) in [5.74, 6) is -4.33. The molecule has 0 unspecified atom stereocenters. The lowest BCUT2D eigenvalue weighted by molar-refractivity contribution is -0.191. The first-order valence-corrected chi connectivity index (χ1v) is 12.1. The number of aliphatic hydroxyl groups excluding tert-OH is 2. The monoisotopic (exact) mass is 549 g/mol. The highest BCUT2D eigenvalue weighted by Crippen LogP contribution is 2.41. The van der Waals surface area contributed by atoms with Crippen molar-refractivity contribution < 1.29 is 32.9 Å². The summed E-state index contributed by atoms with van der Waals surface area (Å²) < 4.78 is 54.0. The van der Waals surface area contributed by atoms with E-state index in [0.717, 1.165) is 12.1 Å². The van der Waals surface area contributed by atoms with Gasteiger partial charge in [-0.3, -0.25) is 0 Å². The Morgan fingerprint density at radius 1 is 1.14 bits per heavy atom. The maximum atomic E-state index is 13.7. The molecule has 5 atom stereocenters. The molecule has 2 heterocycles. The van der Waals surface area contributed by atoms with Crippen LogP contribution in [0.15, 0.2) is 41.4 Å². The molecule has 35 heavy (non-hydrogen) atoms. The number of thioether (sulfide) groups is 1. The maximum absolute atomic E-state index is 13.7. The summed E-state index contributed by atoms with van der Waals surface area (Å²) in [4.78, 5) is 0.706. The highest BCUT2D eigenvalue weighted by molar-refractivity contribution is 7.99. The van der Waals surface area contributed by atoms with Gasteiger partial charge in [0, 0.05) is 17.1 Å². The molecule has 2 aromatic carbocycles. The van der Waals surface area contributed by atoms with Gasteiger partial charge in [0.1, 0.15) is 35.5 Å². The molecule has 1 saturated heterocycles. The predicted octanol–water partition coefficient (Wildman–Crippen LogP) is 4.49. The molecule has 188 valence electrons. The molecule has 0 radical (unpaired) electrons. The van der Waals surface area contributed by atoms with Gasteiger partial charge in [-0.25, -0.2) is 17.9 Å². The minimum atomic E-state index is -1.59. The number of rotatable bonds is 7. The van der Waals surface area contributed by atoms with Crippen molar-refractivity contribution >= 4 is 35.0 Å². The molecule has 0 amide bonds. The van der Waals surface area contributed by atoms with Crippen LogP contribution >= 0.6 is 35.0 Å². The lowest BCUT2D eigenvalue weighted by atomic mass is 9.97. The normalized spacial score (nSPS) is 24.6. The van der Waals surface area contributed by atoms with Crippen LogP contribution in [0.2, 0.25) is 10.0 Å². The van der Waals surface area contributed by atoms with E-state index in [2.05, 4.69) is 10.3 Å². The van der Waals surface area contributed by atoms with E-state index < -0.39 is 53.8 Å². The van der Waals surface area contributed by atoms with Gasteiger partial charge in [-0.2, -0.15) is 0 Å². The van der Waals surface area contributed by atoms with E-state index in [1.54, 1.807) is 25.1 Å². The van der Waals surface area contributed by atoms with Crippen molar-refractivity contribution in [1.29, 1.82) is 0 Å². The molecular weight excluding hydrogens is 530 g/mol. The molecule has 0 saturated carbocycles. The molecule has 0 bridgehead atoms. The minimum absolute atomic E-state index is 0.0393.